The third-order valence-corrected chi connectivity index (χ3v) is 4.11. The van der Waals surface area contributed by atoms with Gasteiger partial charge in [0.05, 0.1) is 12.4 Å². The van der Waals surface area contributed by atoms with Crippen LogP contribution in [0.1, 0.15) is 25.8 Å². The van der Waals surface area contributed by atoms with Gasteiger partial charge in [-0.15, -0.1) is 0 Å². The minimum atomic E-state index is -3.50. The highest BCUT2D eigenvalue weighted by Crippen LogP contribution is 2.14. The van der Waals surface area contributed by atoms with E-state index in [9.17, 15) is 13.5 Å². The zero-order valence-corrected chi connectivity index (χ0v) is 12.2. The molecular weight excluding hydrogens is 264 g/mol. The van der Waals surface area contributed by atoms with Crippen molar-refractivity contribution in [2.24, 2.45) is 5.92 Å². The second-order valence-electron chi connectivity index (χ2n) is 5.08. The fourth-order valence-electron chi connectivity index (χ4n) is 1.89. The minimum Gasteiger partial charge on any atom is -0.398 e. The van der Waals surface area contributed by atoms with Gasteiger partial charge in [0.2, 0.25) is 10.0 Å². The predicted molar refractivity (Wildman–Crippen MR) is 76.9 cm³/mol. The summed E-state index contributed by atoms with van der Waals surface area (Å²) in [7, 11) is -3.50. The number of rotatable bonds is 7. The quantitative estimate of drug-likeness (QED) is 0.654. The van der Waals surface area contributed by atoms with Crippen molar-refractivity contribution in [3.05, 3.63) is 29.8 Å². The van der Waals surface area contributed by atoms with Crippen molar-refractivity contribution >= 4 is 15.7 Å². The molecule has 0 saturated carbocycles. The van der Waals surface area contributed by atoms with E-state index in [-0.39, 0.29) is 12.4 Å². The Morgan fingerprint density at radius 3 is 2.47 bits per heavy atom. The number of nitrogens with two attached hydrogens (primary N) is 1. The summed E-state index contributed by atoms with van der Waals surface area (Å²) in [5, 5.41) is 9.21. The number of sulfonamides is 1. The molecule has 1 unspecified atom stereocenters. The van der Waals surface area contributed by atoms with Crippen LogP contribution in [0.15, 0.2) is 24.3 Å². The first kappa shape index (κ1) is 15.9. The van der Waals surface area contributed by atoms with Gasteiger partial charge in [0.25, 0.3) is 0 Å². The van der Waals surface area contributed by atoms with Gasteiger partial charge in [-0.05, 0) is 24.0 Å². The second-order valence-corrected chi connectivity index (χ2v) is 6.84. The molecule has 0 aliphatic rings. The molecule has 1 aromatic carbocycles. The number of aliphatic hydroxyl groups excluding tert-OH is 1. The lowest BCUT2D eigenvalue weighted by Crippen LogP contribution is -2.39. The predicted octanol–water partition coefficient (Wildman–Crippen LogP) is 1.10. The molecule has 1 aromatic rings. The second kappa shape index (κ2) is 6.88. The van der Waals surface area contributed by atoms with E-state index in [0.717, 1.165) is 0 Å². The van der Waals surface area contributed by atoms with Crippen LogP contribution in [-0.2, 0) is 15.8 Å². The van der Waals surface area contributed by atoms with Crippen molar-refractivity contribution in [1.29, 1.82) is 0 Å². The van der Waals surface area contributed by atoms with E-state index < -0.39 is 16.1 Å². The Bertz CT molecular complexity index is 500. The van der Waals surface area contributed by atoms with E-state index in [4.69, 9.17) is 5.73 Å². The van der Waals surface area contributed by atoms with Crippen LogP contribution in [0.3, 0.4) is 0 Å². The van der Waals surface area contributed by atoms with Gasteiger partial charge < -0.3 is 10.8 Å². The molecule has 1 rings (SSSR count). The topological polar surface area (TPSA) is 92.4 Å². The van der Waals surface area contributed by atoms with Crippen molar-refractivity contribution in [3.63, 3.8) is 0 Å². The molecule has 0 aromatic heterocycles. The van der Waals surface area contributed by atoms with E-state index in [1.807, 2.05) is 13.8 Å². The summed E-state index contributed by atoms with van der Waals surface area (Å²) < 4.78 is 26.6. The van der Waals surface area contributed by atoms with Crippen LogP contribution >= 0.6 is 0 Å². The molecular formula is C13H22N2O3S. The molecule has 0 aliphatic carbocycles. The van der Waals surface area contributed by atoms with Crippen molar-refractivity contribution in [2.75, 3.05) is 12.3 Å². The number of para-hydroxylation sites is 1. The first-order valence-corrected chi connectivity index (χ1v) is 7.93. The number of hydrogen-bond donors (Lipinski definition) is 3. The molecule has 6 heteroatoms. The summed E-state index contributed by atoms with van der Waals surface area (Å²) in [4.78, 5) is 0. The van der Waals surface area contributed by atoms with Gasteiger partial charge in [0.15, 0.2) is 0 Å². The van der Waals surface area contributed by atoms with Gasteiger partial charge in [0.1, 0.15) is 0 Å². The summed E-state index contributed by atoms with van der Waals surface area (Å²) in [6.45, 7) is 3.75. The highest BCUT2D eigenvalue weighted by atomic mass is 32.2. The molecule has 0 fully saturated rings. The van der Waals surface area contributed by atoms with Gasteiger partial charge in [-0.2, -0.15) is 0 Å². The van der Waals surface area contributed by atoms with Gasteiger partial charge in [0, 0.05) is 11.7 Å². The zero-order chi connectivity index (χ0) is 14.5. The molecule has 1 atom stereocenters. The first-order chi connectivity index (χ1) is 8.84. The maximum Gasteiger partial charge on any atom is 0.216 e. The molecule has 0 bridgehead atoms. The van der Waals surface area contributed by atoms with Gasteiger partial charge in [-0.3, -0.25) is 0 Å². The minimum absolute atomic E-state index is 0.172. The van der Waals surface area contributed by atoms with Crippen LogP contribution in [0.4, 0.5) is 5.69 Å². The Morgan fingerprint density at radius 1 is 1.32 bits per heavy atom. The first-order valence-electron chi connectivity index (χ1n) is 6.28. The number of nitrogens with one attached hydrogen (secondary N) is 1. The summed E-state index contributed by atoms with van der Waals surface area (Å²) in [5.41, 5.74) is 6.75. The van der Waals surface area contributed by atoms with Crippen molar-refractivity contribution in [1.82, 2.24) is 4.72 Å². The van der Waals surface area contributed by atoms with Crippen molar-refractivity contribution < 1.29 is 13.5 Å². The van der Waals surface area contributed by atoms with E-state index >= 15 is 0 Å². The average Bonchev–Trinajstić information content (AvgIpc) is 2.30. The number of nitrogen functional groups attached to an aromatic ring is 1. The number of aliphatic hydroxyl groups is 1. The molecule has 4 N–H and O–H groups in total. The van der Waals surface area contributed by atoms with E-state index in [1.165, 1.54) is 0 Å². The van der Waals surface area contributed by atoms with E-state index in [2.05, 4.69) is 4.72 Å². The monoisotopic (exact) mass is 286 g/mol. The van der Waals surface area contributed by atoms with Crippen LogP contribution in [-0.4, -0.2) is 26.2 Å². The lowest BCUT2D eigenvalue weighted by atomic mass is 10.1. The Balaban J connectivity index is 2.73. The molecule has 5 nitrogen and oxygen atoms in total. The molecule has 0 amide bonds. The number of anilines is 1. The van der Waals surface area contributed by atoms with Gasteiger partial charge in [-0.25, -0.2) is 13.1 Å². The SMILES string of the molecule is CC(C)CC(CO)NS(=O)(=O)Cc1ccccc1N. The smallest absolute Gasteiger partial charge is 0.216 e. The molecule has 0 heterocycles. The lowest BCUT2D eigenvalue weighted by Gasteiger charge is -2.18. The highest BCUT2D eigenvalue weighted by Gasteiger charge is 2.19. The van der Waals surface area contributed by atoms with Crippen LogP contribution < -0.4 is 10.5 Å². The Morgan fingerprint density at radius 2 is 1.95 bits per heavy atom. The summed E-state index contributed by atoms with van der Waals surface area (Å²) >= 11 is 0. The maximum absolute atomic E-state index is 12.0. The van der Waals surface area contributed by atoms with Crippen LogP contribution in [0.2, 0.25) is 0 Å². The molecule has 0 spiro atoms. The van der Waals surface area contributed by atoms with Gasteiger partial charge in [-0.1, -0.05) is 32.0 Å². The standard InChI is InChI=1S/C13H22N2O3S/c1-10(2)7-12(8-16)15-19(17,18)9-11-5-3-4-6-13(11)14/h3-6,10,12,15-16H,7-9,14H2,1-2H3. The average molecular weight is 286 g/mol. The van der Waals surface area contributed by atoms with Gasteiger partial charge >= 0.3 is 0 Å². The van der Waals surface area contributed by atoms with E-state index in [1.54, 1.807) is 24.3 Å². The molecule has 0 saturated heterocycles. The molecule has 19 heavy (non-hydrogen) atoms. The molecule has 108 valence electrons. The zero-order valence-electron chi connectivity index (χ0n) is 11.3. The summed E-state index contributed by atoms with van der Waals surface area (Å²) in [5.74, 6) is 0.135. The van der Waals surface area contributed by atoms with Crippen LogP contribution in [0.25, 0.3) is 0 Å². The highest BCUT2D eigenvalue weighted by molar-refractivity contribution is 7.88. The maximum atomic E-state index is 12.0. The number of hydrogen-bond acceptors (Lipinski definition) is 4. The molecule has 0 radical (unpaired) electrons. The lowest BCUT2D eigenvalue weighted by molar-refractivity contribution is 0.240. The van der Waals surface area contributed by atoms with Crippen LogP contribution in [0, 0.1) is 5.92 Å². The largest absolute Gasteiger partial charge is 0.398 e. The Hall–Kier alpha value is -1.11. The van der Waals surface area contributed by atoms with E-state index in [0.29, 0.717) is 23.6 Å². The fourth-order valence-corrected chi connectivity index (χ4v) is 3.33. The van der Waals surface area contributed by atoms with Crippen molar-refractivity contribution in [3.8, 4) is 0 Å². The Labute approximate surface area is 114 Å². The third kappa shape index (κ3) is 5.59. The Kier molecular flexibility index (Phi) is 5.78. The molecule has 0 aliphatic heterocycles. The summed E-state index contributed by atoms with van der Waals surface area (Å²) in [6.07, 6.45) is 0.597. The van der Waals surface area contributed by atoms with Crippen LogP contribution in [0.5, 0.6) is 0 Å². The fraction of sp³-hybridized carbons (Fsp3) is 0.538. The third-order valence-electron chi connectivity index (χ3n) is 2.72. The number of benzene rings is 1. The van der Waals surface area contributed by atoms with Crippen molar-refractivity contribution in [2.45, 2.75) is 32.1 Å². The normalized spacial score (nSPS) is 13.7. The summed E-state index contributed by atoms with van der Waals surface area (Å²) in [6, 6.07) is 6.41.